The molecule has 1 aliphatic heterocycles. The van der Waals surface area contributed by atoms with E-state index in [-0.39, 0.29) is 23.8 Å². The lowest BCUT2D eigenvalue weighted by molar-refractivity contribution is -0.179. The number of amides is 1. The lowest BCUT2D eigenvalue weighted by Crippen LogP contribution is -2.69. The third-order valence-electron chi connectivity index (χ3n) is 4.88. The molecule has 1 amide bonds. The fourth-order valence-corrected chi connectivity index (χ4v) is 3.90. The molecule has 0 aliphatic carbocycles. The average molecular weight is 374 g/mol. The van der Waals surface area contributed by atoms with Crippen LogP contribution in [0.25, 0.3) is 0 Å². The third-order valence-corrected chi connectivity index (χ3v) is 5.74. The van der Waals surface area contributed by atoms with Crippen molar-refractivity contribution in [2.45, 2.75) is 46.8 Å². The van der Waals surface area contributed by atoms with Crippen LogP contribution in [-0.4, -0.2) is 63.2 Å². The molecule has 1 saturated heterocycles. The summed E-state index contributed by atoms with van der Waals surface area (Å²) in [4.78, 5) is 37.2. The van der Waals surface area contributed by atoms with E-state index in [2.05, 4.69) is 17.8 Å². The van der Waals surface area contributed by atoms with Crippen LogP contribution in [0.4, 0.5) is 0 Å². The lowest BCUT2D eigenvalue weighted by Gasteiger charge is -2.54. The summed E-state index contributed by atoms with van der Waals surface area (Å²) in [6.07, 6.45) is 0. The van der Waals surface area contributed by atoms with Gasteiger partial charge in [-0.3, -0.25) is 14.4 Å². The molecule has 0 radical (unpaired) electrons. The molecule has 144 valence electrons. The van der Waals surface area contributed by atoms with Gasteiger partial charge in [-0.15, -0.1) is 0 Å². The van der Waals surface area contributed by atoms with E-state index >= 15 is 0 Å². The van der Waals surface area contributed by atoms with Crippen molar-refractivity contribution in [1.82, 2.24) is 4.90 Å². The minimum absolute atomic E-state index is 0.115. The van der Waals surface area contributed by atoms with Crippen LogP contribution in [0.1, 0.15) is 27.7 Å². The molecule has 0 spiro atoms. The summed E-state index contributed by atoms with van der Waals surface area (Å²) >= 11 is 0. The van der Waals surface area contributed by atoms with Gasteiger partial charge in [-0.25, -0.2) is 0 Å². The number of esters is 1. The van der Waals surface area contributed by atoms with Crippen molar-refractivity contribution in [3.05, 3.63) is 0 Å². The minimum atomic E-state index is -1.27. The Kier molecular flexibility index (Phi) is 7.19. The van der Waals surface area contributed by atoms with Gasteiger partial charge in [0.2, 0.25) is 5.91 Å². The molecule has 8 heteroatoms. The monoisotopic (exact) mass is 373 g/mol. The van der Waals surface area contributed by atoms with Crippen LogP contribution < -0.4 is 0 Å². The van der Waals surface area contributed by atoms with Gasteiger partial charge in [0.25, 0.3) is 0 Å². The highest BCUT2D eigenvalue weighted by molar-refractivity contribution is 6.48. The maximum absolute atomic E-state index is 12.8. The topological polar surface area (TPSA) is 93.1 Å². The molecule has 0 unspecified atom stereocenters. The Morgan fingerprint density at radius 1 is 1.32 bits per heavy atom. The Labute approximate surface area is 151 Å². The third kappa shape index (κ3) is 5.04. The highest BCUT2D eigenvalue weighted by atomic mass is 28.3. The smallest absolute Gasteiger partial charge is 0.325 e. The second-order valence-electron chi connectivity index (χ2n) is 8.04. The number of hydrogen-bond acceptors (Lipinski definition) is 5. The number of ether oxygens (including phenoxy) is 1. The average Bonchev–Trinajstić information content (AvgIpc) is 2.49. The molecule has 1 rings (SSSR count). The van der Waals surface area contributed by atoms with E-state index in [1.807, 2.05) is 20.8 Å². The normalized spacial score (nSPS) is 23.2. The first-order valence-electron chi connectivity index (χ1n) is 8.63. The Bertz CT molecular complexity index is 516. The fourth-order valence-electron chi connectivity index (χ4n) is 3.31. The number of hydrogen-bond donors (Lipinski definition) is 1. The van der Waals surface area contributed by atoms with E-state index in [4.69, 9.17) is 4.43 Å². The van der Waals surface area contributed by atoms with Crippen LogP contribution in [0, 0.1) is 23.2 Å². The molecular weight excluding hydrogens is 342 g/mol. The first kappa shape index (κ1) is 21.6. The Hall–Kier alpha value is -1.41. The first-order chi connectivity index (χ1) is 11.4. The summed E-state index contributed by atoms with van der Waals surface area (Å²) in [5, 5.41) is 9.45. The number of β-lactam (4-membered cyclic amide) rings is 1. The molecule has 0 saturated carbocycles. The standard InChI is InChI=1S/C17H31NO6Si/c1-10(16(21)22)14-13(15(20)18(14)8-12(19)23-5)11(17(2,3)4)9-24-25(6)7/h10-11,13-14,25H,8-9H2,1-7H3,(H,21,22)/t10-,11+,13-,14+/m0/s1. The number of carbonyl (C=O) groups is 3. The maximum atomic E-state index is 12.8. The zero-order valence-corrected chi connectivity index (χ0v) is 17.4. The molecule has 0 aromatic carbocycles. The molecule has 1 aliphatic rings. The van der Waals surface area contributed by atoms with E-state index in [1.54, 1.807) is 6.92 Å². The molecule has 0 aromatic heterocycles. The minimum Gasteiger partial charge on any atom is -0.481 e. The second-order valence-corrected chi connectivity index (χ2v) is 10.5. The van der Waals surface area contributed by atoms with Crippen molar-refractivity contribution < 1.29 is 28.7 Å². The van der Waals surface area contributed by atoms with Gasteiger partial charge in [0.15, 0.2) is 9.04 Å². The molecule has 25 heavy (non-hydrogen) atoms. The summed E-state index contributed by atoms with van der Waals surface area (Å²) in [7, 11) is -0.0225. The van der Waals surface area contributed by atoms with Crippen molar-refractivity contribution in [2.24, 2.45) is 23.2 Å². The van der Waals surface area contributed by atoms with E-state index in [0.29, 0.717) is 6.61 Å². The molecule has 7 nitrogen and oxygen atoms in total. The first-order valence-corrected chi connectivity index (χ1v) is 11.4. The lowest BCUT2D eigenvalue weighted by atomic mass is 9.64. The zero-order valence-electron chi connectivity index (χ0n) is 16.2. The van der Waals surface area contributed by atoms with Crippen LogP contribution in [0.3, 0.4) is 0 Å². The van der Waals surface area contributed by atoms with Crippen molar-refractivity contribution in [1.29, 1.82) is 0 Å². The van der Waals surface area contributed by atoms with Crippen molar-refractivity contribution in [3.8, 4) is 0 Å². The zero-order chi connectivity index (χ0) is 19.5. The Morgan fingerprint density at radius 3 is 2.28 bits per heavy atom. The van der Waals surface area contributed by atoms with Crippen molar-refractivity contribution in [2.75, 3.05) is 20.3 Å². The van der Waals surface area contributed by atoms with Gasteiger partial charge in [0, 0.05) is 6.61 Å². The fraction of sp³-hybridized carbons (Fsp3) is 0.824. The molecule has 1 N–H and O–H groups in total. The van der Waals surface area contributed by atoms with Gasteiger partial charge >= 0.3 is 11.9 Å². The van der Waals surface area contributed by atoms with E-state index in [1.165, 1.54) is 12.0 Å². The van der Waals surface area contributed by atoms with E-state index in [9.17, 15) is 19.5 Å². The number of rotatable bonds is 8. The van der Waals surface area contributed by atoms with Crippen LogP contribution >= 0.6 is 0 Å². The van der Waals surface area contributed by atoms with Crippen molar-refractivity contribution in [3.63, 3.8) is 0 Å². The Morgan fingerprint density at radius 2 is 1.88 bits per heavy atom. The molecule has 4 atom stereocenters. The number of likely N-dealkylation sites (tertiary alicyclic amines) is 1. The highest BCUT2D eigenvalue weighted by Gasteiger charge is 2.57. The summed E-state index contributed by atoms with van der Waals surface area (Å²) in [6.45, 7) is 12.0. The molecular formula is C17H31NO6Si. The highest BCUT2D eigenvalue weighted by Crippen LogP contribution is 2.44. The number of aliphatic carboxylic acids is 1. The van der Waals surface area contributed by atoms with Gasteiger partial charge in [0.05, 0.1) is 25.0 Å². The van der Waals surface area contributed by atoms with Gasteiger partial charge in [-0.1, -0.05) is 20.8 Å². The molecule has 0 aromatic rings. The predicted octanol–water partition coefficient (Wildman–Crippen LogP) is 1.37. The van der Waals surface area contributed by atoms with Gasteiger partial charge in [-0.05, 0) is 31.4 Å². The van der Waals surface area contributed by atoms with E-state index < -0.39 is 38.9 Å². The summed E-state index contributed by atoms with van der Waals surface area (Å²) in [5.41, 5.74) is -0.225. The summed E-state index contributed by atoms with van der Waals surface area (Å²) in [5.74, 6) is -3.08. The van der Waals surface area contributed by atoms with Gasteiger partial charge in [-0.2, -0.15) is 0 Å². The summed E-state index contributed by atoms with van der Waals surface area (Å²) in [6, 6.07) is -0.536. The quantitative estimate of drug-likeness (QED) is 0.392. The number of carboxylic acid groups (broad SMARTS) is 1. The largest absolute Gasteiger partial charge is 0.481 e. The summed E-state index contributed by atoms with van der Waals surface area (Å²) < 4.78 is 10.5. The number of carboxylic acids is 1. The van der Waals surface area contributed by atoms with Gasteiger partial charge < -0.3 is 19.2 Å². The van der Waals surface area contributed by atoms with Crippen LogP contribution in [0.15, 0.2) is 0 Å². The van der Waals surface area contributed by atoms with Crippen LogP contribution in [0.2, 0.25) is 13.1 Å². The number of nitrogens with zero attached hydrogens (tertiary/aromatic N) is 1. The van der Waals surface area contributed by atoms with Crippen LogP contribution in [-0.2, 0) is 23.5 Å². The Balaban J connectivity index is 3.12. The van der Waals surface area contributed by atoms with Crippen molar-refractivity contribution >= 4 is 26.9 Å². The number of carbonyl (C=O) groups excluding carboxylic acids is 2. The van der Waals surface area contributed by atoms with Crippen LogP contribution in [0.5, 0.6) is 0 Å². The predicted molar refractivity (Wildman–Crippen MR) is 95.6 cm³/mol. The molecule has 1 fully saturated rings. The van der Waals surface area contributed by atoms with Gasteiger partial charge in [0.1, 0.15) is 6.54 Å². The maximum Gasteiger partial charge on any atom is 0.325 e. The second kappa shape index (κ2) is 8.31. The SMILES string of the molecule is COC(=O)CN1C(=O)[C@@H]([C@@H](CO[SiH](C)C)C(C)(C)C)[C@H]1[C@H](C)C(=O)O. The molecule has 0 bridgehead atoms. The van der Waals surface area contributed by atoms with E-state index in [0.717, 1.165) is 0 Å². The number of methoxy groups -OCH3 is 1. The molecule has 1 heterocycles.